The fourth-order valence-electron chi connectivity index (χ4n) is 1.33. The molecule has 0 amide bonds. The molecule has 1 aliphatic heterocycles. The highest BCUT2D eigenvalue weighted by Gasteiger charge is 2.13. The first-order valence-electron chi connectivity index (χ1n) is 4.55. The second-order valence-electron chi connectivity index (χ2n) is 3.68. The van der Waals surface area contributed by atoms with Crippen molar-refractivity contribution in [1.29, 1.82) is 0 Å². The topological polar surface area (TPSA) is 35.7 Å². The Hall–Kier alpha value is -0.160. The van der Waals surface area contributed by atoms with Crippen LogP contribution >= 0.6 is 0 Å². The van der Waals surface area contributed by atoms with Gasteiger partial charge in [-0.3, -0.25) is 10.7 Å². The molecule has 2 N–H and O–H groups in total. The number of nitrogens with two attached hydrogens (primary N) is 1. The SMILES string of the molecule is CN(C)CCN1CCN(N)CC1. The number of nitrogens with zero attached hydrogens (tertiary/aromatic N) is 3. The Bertz CT molecular complexity index is 118. The predicted molar refractivity (Wildman–Crippen MR) is 50.8 cm³/mol. The normalized spacial score (nSPS) is 22.0. The minimum atomic E-state index is 1.01. The zero-order valence-corrected chi connectivity index (χ0v) is 8.16. The van der Waals surface area contributed by atoms with Crippen LogP contribution in [0.3, 0.4) is 0 Å². The van der Waals surface area contributed by atoms with Crippen molar-refractivity contribution in [3.05, 3.63) is 0 Å². The van der Waals surface area contributed by atoms with Gasteiger partial charge in [-0.1, -0.05) is 0 Å². The van der Waals surface area contributed by atoms with Crippen LogP contribution in [-0.4, -0.2) is 68.2 Å². The molecule has 1 aliphatic rings. The summed E-state index contributed by atoms with van der Waals surface area (Å²) in [5.74, 6) is 5.65. The molecule has 0 saturated carbocycles. The molecule has 1 rings (SSSR count). The van der Waals surface area contributed by atoms with Crippen molar-refractivity contribution in [2.75, 3.05) is 53.4 Å². The zero-order chi connectivity index (χ0) is 8.97. The fraction of sp³-hybridized carbons (Fsp3) is 1.00. The summed E-state index contributed by atoms with van der Waals surface area (Å²) >= 11 is 0. The molecule has 0 radical (unpaired) electrons. The number of likely N-dealkylation sites (N-methyl/N-ethyl adjacent to an activating group) is 1. The minimum Gasteiger partial charge on any atom is -0.308 e. The van der Waals surface area contributed by atoms with Crippen molar-refractivity contribution >= 4 is 0 Å². The van der Waals surface area contributed by atoms with Crippen molar-refractivity contribution in [1.82, 2.24) is 14.8 Å². The molecule has 1 heterocycles. The van der Waals surface area contributed by atoms with Crippen LogP contribution in [0, 0.1) is 0 Å². The van der Waals surface area contributed by atoms with Gasteiger partial charge in [0.15, 0.2) is 0 Å². The standard InChI is InChI=1S/C8H20N4/c1-10(2)3-4-11-5-7-12(9)8-6-11/h3-9H2,1-2H3. The lowest BCUT2D eigenvalue weighted by Crippen LogP contribution is -2.50. The van der Waals surface area contributed by atoms with Gasteiger partial charge >= 0.3 is 0 Å². The first-order valence-corrected chi connectivity index (χ1v) is 4.55. The summed E-state index contributed by atoms with van der Waals surface area (Å²) in [5.41, 5.74) is 0. The fourth-order valence-corrected chi connectivity index (χ4v) is 1.33. The quantitative estimate of drug-likeness (QED) is 0.556. The van der Waals surface area contributed by atoms with Gasteiger partial charge in [-0.05, 0) is 14.1 Å². The van der Waals surface area contributed by atoms with Gasteiger partial charge in [0.05, 0.1) is 0 Å². The summed E-state index contributed by atoms with van der Waals surface area (Å²) in [6.07, 6.45) is 0. The maximum Gasteiger partial charge on any atom is 0.0257 e. The van der Waals surface area contributed by atoms with Gasteiger partial charge in [-0.15, -0.1) is 0 Å². The van der Waals surface area contributed by atoms with E-state index in [4.69, 9.17) is 5.84 Å². The van der Waals surface area contributed by atoms with Gasteiger partial charge in [0.25, 0.3) is 0 Å². The average Bonchev–Trinajstić information content (AvgIpc) is 2.03. The Morgan fingerprint density at radius 1 is 1.17 bits per heavy atom. The van der Waals surface area contributed by atoms with Crippen molar-refractivity contribution in [3.63, 3.8) is 0 Å². The highest BCUT2D eigenvalue weighted by Crippen LogP contribution is 1.96. The molecule has 72 valence electrons. The largest absolute Gasteiger partial charge is 0.308 e. The molecule has 0 spiro atoms. The zero-order valence-electron chi connectivity index (χ0n) is 8.16. The number of hydrazine groups is 1. The van der Waals surface area contributed by atoms with E-state index in [1.165, 1.54) is 6.54 Å². The van der Waals surface area contributed by atoms with E-state index in [2.05, 4.69) is 23.9 Å². The number of hydrogen-bond donors (Lipinski definition) is 1. The Balaban J connectivity index is 2.09. The third kappa shape index (κ3) is 3.49. The lowest BCUT2D eigenvalue weighted by molar-refractivity contribution is 0.126. The van der Waals surface area contributed by atoms with Gasteiger partial charge in [0.1, 0.15) is 0 Å². The first-order chi connectivity index (χ1) is 5.68. The monoisotopic (exact) mass is 172 g/mol. The third-order valence-corrected chi connectivity index (χ3v) is 2.27. The molecule has 0 unspecified atom stereocenters. The van der Waals surface area contributed by atoms with E-state index in [0.29, 0.717) is 0 Å². The van der Waals surface area contributed by atoms with Crippen LogP contribution in [0.4, 0.5) is 0 Å². The van der Waals surface area contributed by atoms with Crippen molar-refractivity contribution in [2.24, 2.45) is 5.84 Å². The summed E-state index contributed by atoms with van der Waals surface area (Å²) in [6, 6.07) is 0. The van der Waals surface area contributed by atoms with Crippen LogP contribution < -0.4 is 5.84 Å². The van der Waals surface area contributed by atoms with Gasteiger partial charge in [0.2, 0.25) is 0 Å². The molecule has 0 atom stereocenters. The average molecular weight is 172 g/mol. The van der Waals surface area contributed by atoms with E-state index in [-0.39, 0.29) is 0 Å². The number of piperazine rings is 1. The van der Waals surface area contributed by atoms with E-state index >= 15 is 0 Å². The Labute approximate surface area is 74.9 Å². The Kier molecular flexibility index (Phi) is 3.94. The minimum absolute atomic E-state index is 1.01. The van der Waals surface area contributed by atoms with Gasteiger partial charge in [0, 0.05) is 39.3 Å². The molecule has 1 fully saturated rings. The number of rotatable bonds is 3. The second kappa shape index (κ2) is 4.77. The summed E-state index contributed by atoms with van der Waals surface area (Å²) in [4.78, 5) is 4.68. The van der Waals surface area contributed by atoms with E-state index in [1.54, 1.807) is 0 Å². The second-order valence-corrected chi connectivity index (χ2v) is 3.68. The molecular formula is C8H20N4. The van der Waals surface area contributed by atoms with Crippen molar-refractivity contribution in [3.8, 4) is 0 Å². The summed E-state index contributed by atoms with van der Waals surface area (Å²) in [7, 11) is 4.22. The van der Waals surface area contributed by atoms with Crippen LogP contribution in [0.2, 0.25) is 0 Å². The van der Waals surface area contributed by atoms with E-state index in [1.807, 2.05) is 5.01 Å². The van der Waals surface area contributed by atoms with Crippen LogP contribution in [0.1, 0.15) is 0 Å². The molecule has 0 aromatic heterocycles. The molecule has 1 saturated heterocycles. The highest BCUT2D eigenvalue weighted by atomic mass is 15.4. The van der Waals surface area contributed by atoms with Gasteiger partial charge in [-0.2, -0.15) is 0 Å². The number of hydrogen-bond acceptors (Lipinski definition) is 4. The molecule has 4 nitrogen and oxygen atoms in total. The van der Waals surface area contributed by atoms with Crippen LogP contribution in [0.25, 0.3) is 0 Å². The van der Waals surface area contributed by atoms with Gasteiger partial charge < -0.3 is 4.90 Å². The van der Waals surface area contributed by atoms with Crippen LogP contribution in [0.5, 0.6) is 0 Å². The lowest BCUT2D eigenvalue weighted by Gasteiger charge is -2.32. The molecule has 4 heteroatoms. The first kappa shape index (κ1) is 9.92. The smallest absolute Gasteiger partial charge is 0.0257 e. The molecule has 0 aromatic rings. The molecule has 0 bridgehead atoms. The Morgan fingerprint density at radius 2 is 1.75 bits per heavy atom. The van der Waals surface area contributed by atoms with Crippen molar-refractivity contribution in [2.45, 2.75) is 0 Å². The van der Waals surface area contributed by atoms with Crippen LogP contribution in [0.15, 0.2) is 0 Å². The highest BCUT2D eigenvalue weighted by molar-refractivity contribution is 4.68. The van der Waals surface area contributed by atoms with Crippen LogP contribution in [-0.2, 0) is 0 Å². The molecule has 12 heavy (non-hydrogen) atoms. The maximum absolute atomic E-state index is 5.65. The Morgan fingerprint density at radius 3 is 2.25 bits per heavy atom. The van der Waals surface area contributed by atoms with Gasteiger partial charge in [-0.25, -0.2) is 5.01 Å². The summed E-state index contributed by atoms with van der Waals surface area (Å²) in [6.45, 7) is 6.56. The summed E-state index contributed by atoms with van der Waals surface area (Å²) < 4.78 is 0. The molecule has 0 aromatic carbocycles. The van der Waals surface area contributed by atoms with E-state index < -0.39 is 0 Å². The lowest BCUT2D eigenvalue weighted by atomic mass is 10.3. The third-order valence-electron chi connectivity index (χ3n) is 2.27. The molecule has 0 aliphatic carbocycles. The predicted octanol–water partition coefficient (Wildman–Crippen LogP) is -0.961. The maximum atomic E-state index is 5.65. The summed E-state index contributed by atoms with van der Waals surface area (Å²) in [5, 5.41) is 1.90. The van der Waals surface area contributed by atoms with E-state index in [0.717, 1.165) is 32.7 Å². The van der Waals surface area contributed by atoms with E-state index in [9.17, 15) is 0 Å². The molecular weight excluding hydrogens is 152 g/mol. The van der Waals surface area contributed by atoms with Crippen molar-refractivity contribution < 1.29 is 0 Å².